The number of anilines is 1. The quantitative estimate of drug-likeness (QED) is 0.653. The van der Waals surface area contributed by atoms with Crippen molar-refractivity contribution in [2.24, 2.45) is 5.92 Å². The van der Waals surface area contributed by atoms with Gasteiger partial charge in [0.25, 0.3) is 5.91 Å². The summed E-state index contributed by atoms with van der Waals surface area (Å²) in [5.41, 5.74) is 2.91. The predicted octanol–water partition coefficient (Wildman–Crippen LogP) is 4.49. The largest absolute Gasteiger partial charge is 0.489 e. The van der Waals surface area contributed by atoms with Crippen molar-refractivity contribution in [1.82, 2.24) is 20.0 Å². The highest BCUT2D eigenvalue weighted by Crippen LogP contribution is 2.27. The van der Waals surface area contributed by atoms with Gasteiger partial charge >= 0.3 is 0 Å². The van der Waals surface area contributed by atoms with Gasteiger partial charge in [0.05, 0.1) is 18.0 Å². The molecule has 3 aromatic rings. The fourth-order valence-electron chi connectivity index (χ4n) is 3.87. The van der Waals surface area contributed by atoms with Crippen molar-refractivity contribution >= 4 is 11.7 Å². The topological polar surface area (TPSA) is 81.9 Å². The highest BCUT2D eigenvalue weighted by molar-refractivity contribution is 6.03. The number of pyridine rings is 1. The molecular weight excluding hydrogens is 378 g/mol. The molecule has 0 spiro atoms. The number of nitrogens with zero attached hydrogens (tertiary/aromatic N) is 4. The van der Waals surface area contributed by atoms with E-state index in [2.05, 4.69) is 20.6 Å². The maximum atomic E-state index is 12.9. The first-order valence-corrected chi connectivity index (χ1v) is 10.5. The van der Waals surface area contributed by atoms with E-state index in [1.54, 1.807) is 10.9 Å². The van der Waals surface area contributed by atoms with Gasteiger partial charge in [0, 0.05) is 6.20 Å². The van der Waals surface area contributed by atoms with Crippen LogP contribution in [0.5, 0.6) is 5.75 Å². The number of aryl methyl sites for hydroxylation is 1. The maximum absolute atomic E-state index is 12.9. The van der Waals surface area contributed by atoms with Gasteiger partial charge in [0.1, 0.15) is 0 Å². The number of aromatic nitrogens is 4. The Hall–Kier alpha value is -3.22. The molecule has 0 radical (unpaired) electrons. The molecule has 0 bridgehead atoms. The first-order valence-electron chi connectivity index (χ1n) is 10.5. The number of amides is 1. The molecule has 2 heterocycles. The minimum Gasteiger partial charge on any atom is -0.489 e. The van der Waals surface area contributed by atoms with Crippen LogP contribution in [0.25, 0.3) is 5.69 Å². The lowest BCUT2D eigenvalue weighted by Crippen LogP contribution is -2.18. The van der Waals surface area contributed by atoms with E-state index in [4.69, 9.17) is 4.74 Å². The van der Waals surface area contributed by atoms with Crippen molar-refractivity contribution < 1.29 is 9.53 Å². The van der Waals surface area contributed by atoms with Crippen molar-refractivity contribution in [3.8, 4) is 11.4 Å². The third-order valence-electron chi connectivity index (χ3n) is 5.56. The van der Waals surface area contributed by atoms with E-state index in [0.717, 1.165) is 11.3 Å². The molecule has 7 nitrogen and oxygen atoms in total. The first-order chi connectivity index (χ1) is 14.6. The average molecular weight is 406 g/mol. The lowest BCUT2D eigenvalue weighted by atomic mass is 9.90. The van der Waals surface area contributed by atoms with Crippen LogP contribution in [0.15, 0.2) is 42.6 Å². The molecule has 0 saturated heterocycles. The Balaban J connectivity index is 1.48. The minimum absolute atomic E-state index is 0.264. The molecule has 1 aliphatic carbocycles. The van der Waals surface area contributed by atoms with Crippen LogP contribution in [0.4, 0.5) is 5.82 Å². The molecule has 1 amide bonds. The second-order valence-electron chi connectivity index (χ2n) is 7.89. The fraction of sp³-hybridized carbons (Fsp3) is 0.391. The molecular formula is C23H27N5O2. The third kappa shape index (κ3) is 4.50. The number of nitrogens with one attached hydrogen (secondary N) is 1. The number of ether oxygens (including phenoxy) is 1. The predicted molar refractivity (Wildman–Crippen MR) is 115 cm³/mol. The molecule has 0 atom stereocenters. The molecule has 1 aromatic carbocycles. The molecule has 30 heavy (non-hydrogen) atoms. The first kappa shape index (κ1) is 20.1. The zero-order valence-corrected chi connectivity index (χ0v) is 17.5. The zero-order chi connectivity index (χ0) is 20.9. The lowest BCUT2D eigenvalue weighted by Gasteiger charge is -2.22. The smallest absolute Gasteiger partial charge is 0.279 e. The Kier molecular flexibility index (Phi) is 6.07. The van der Waals surface area contributed by atoms with Gasteiger partial charge in [-0.25, -0.2) is 9.67 Å². The summed E-state index contributed by atoms with van der Waals surface area (Å²) in [6.45, 7) is 4.49. The number of benzene rings is 1. The van der Waals surface area contributed by atoms with Gasteiger partial charge in [-0.3, -0.25) is 4.79 Å². The van der Waals surface area contributed by atoms with E-state index in [0.29, 0.717) is 29.8 Å². The Labute approximate surface area is 176 Å². The molecule has 0 aliphatic heterocycles. The fourth-order valence-corrected chi connectivity index (χ4v) is 3.87. The average Bonchev–Trinajstić information content (AvgIpc) is 3.15. The van der Waals surface area contributed by atoms with E-state index in [-0.39, 0.29) is 11.6 Å². The molecule has 1 saturated carbocycles. The lowest BCUT2D eigenvalue weighted by molar-refractivity contribution is 0.102. The normalized spacial score (nSPS) is 14.5. The van der Waals surface area contributed by atoms with Gasteiger partial charge in [-0.1, -0.05) is 36.6 Å². The van der Waals surface area contributed by atoms with Gasteiger partial charge in [-0.2, -0.15) is 0 Å². The maximum Gasteiger partial charge on any atom is 0.279 e. The summed E-state index contributed by atoms with van der Waals surface area (Å²) in [5, 5.41) is 11.1. The summed E-state index contributed by atoms with van der Waals surface area (Å²) in [6.07, 6.45) is 7.88. The summed E-state index contributed by atoms with van der Waals surface area (Å²) in [4.78, 5) is 17.2. The van der Waals surface area contributed by atoms with Crippen LogP contribution in [0.2, 0.25) is 0 Å². The number of carbonyl (C=O) groups excluding carboxylic acids is 1. The summed E-state index contributed by atoms with van der Waals surface area (Å²) < 4.78 is 7.68. The van der Waals surface area contributed by atoms with Crippen molar-refractivity contribution in [2.75, 3.05) is 11.9 Å². The van der Waals surface area contributed by atoms with Gasteiger partial charge in [-0.15, -0.1) is 5.10 Å². The SMILES string of the molecule is Cc1cccc(-n2nnc(C(=O)Nc3ncccc3OCC3CCCCC3)c2C)c1. The van der Waals surface area contributed by atoms with Crippen molar-refractivity contribution in [3.63, 3.8) is 0 Å². The van der Waals surface area contributed by atoms with Crippen LogP contribution in [0, 0.1) is 19.8 Å². The van der Waals surface area contributed by atoms with Crippen LogP contribution in [-0.2, 0) is 0 Å². The molecule has 2 aromatic heterocycles. The Morgan fingerprint density at radius 2 is 2.00 bits per heavy atom. The van der Waals surface area contributed by atoms with E-state index in [9.17, 15) is 4.79 Å². The van der Waals surface area contributed by atoms with Gasteiger partial charge < -0.3 is 10.1 Å². The van der Waals surface area contributed by atoms with E-state index in [1.165, 1.54) is 32.1 Å². The summed E-state index contributed by atoms with van der Waals surface area (Å²) >= 11 is 0. The molecule has 156 valence electrons. The van der Waals surface area contributed by atoms with Gasteiger partial charge in [0.15, 0.2) is 17.3 Å². The monoisotopic (exact) mass is 405 g/mol. The van der Waals surface area contributed by atoms with Crippen LogP contribution in [0.3, 0.4) is 0 Å². The summed E-state index contributed by atoms with van der Waals surface area (Å²) in [5.74, 6) is 1.20. The van der Waals surface area contributed by atoms with Crippen molar-refractivity contribution in [2.45, 2.75) is 46.0 Å². The van der Waals surface area contributed by atoms with Gasteiger partial charge in [-0.05, 0) is 62.4 Å². The number of hydrogen-bond acceptors (Lipinski definition) is 5. The summed E-state index contributed by atoms with van der Waals surface area (Å²) in [6, 6.07) is 11.5. The van der Waals surface area contributed by atoms with Crippen LogP contribution >= 0.6 is 0 Å². The standard InChI is InChI=1S/C23H27N5O2/c1-16-8-6-11-19(14-16)28-17(2)21(26-27-28)23(29)25-22-20(12-7-13-24-22)30-15-18-9-4-3-5-10-18/h6-8,11-14,18H,3-5,9-10,15H2,1-2H3,(H,24,25,29). The number of carbonyl (C=O) groups is 1. The summed E-state index contributed by atoms with van der Waals surface area (Å²) in [7, 11) is 0. The zero-order valence-electron chi connectivity index (χ0n) is 17.5. The van der Waals surface area contributed by atoms with Crippen LogP contribution in [-0.4, -0.2) is 32.5 Å². The van der Waals surface area contributed by atoms with Crippen molar-refractivity contribution in [3.05, 3.63) is 59.5 Å². The minimum atomic E-state index is -0.354. The molecule has 4 rings (SSSR count). The van der Waals surface area contributed by atoms with E-state index in [1.807, 2.05) is 50.2 Å². The van der Waals surface area contributed by atoms with Gasteiger partial charge in [0.2, 0.25) is 0 Å². The molecule has 1 aliphatic rings. The molecule has 7 heteroatoms. The number of hydrogen-bond donors (Lipinski definition) is 1. The highest BCUT2D eigenvalue weighted by atomic mass is 16.5. The van der Waals surface area contributed by atoms with Crippen LogP contribution in [0.1, 0.15) is 53.8 Å². The van der Waals surface area contributed by atoms with Crippen LogP contribution < -0.4 is 10.1 Å². The molecule has 1 fully saturated rings. The van der Waals surface area contributed by atoms with Crippen molar-refractivity contribution in [1.29, 1.82) is 0 Å². The second-order valence-corrected chi connectivity index (χ2v) is 7.89. The van der Waals surface area contributed by atoms with E-state index >= 15 is 0 Å². The Morgan fingerprint density at radius 1 is 1.17 bits per heavy atom. The van der Waals surface area contributed by atoms with E-state index < -0.39 is 0 Å². The number of rotatable bonds is 6. The molecule has 1 N–H and O–H groups in total. The molecule has 0 unspecified atom stereocenters. The third-order valence-corrected chi connectivity index (χ3v) is 5.56. The Bertz CT molecular complexity index is 1020. The Morgan fingerprint density at radius 3 is 2.80 bits per heavy atom. The highest BCUT2D eigenvalue weighted by Gasteiger charge is 2.20. The second kappa shape index (κ2) is 9.07.